The lowest BCUT2D eigenvalue weighted by molar-refractivity contribution is 0.547. The van der Waals surface area contributed by atoms with Crippen LogP contribution in [0.5, 0.6) is 0 Å². The Bertz CT molecular complexity index is 548. The highest BCUT2D eigenvalue weighted by Crippen LogP contribution is 2.27. The highest BCUT2D eigenvalue weighted by atomic mass is 32.1. The summed E-state index contributed by atoms with van der Waals surface area (Å²) in [6.07, 6.45) is 2.79. The second-order valence-electron chi connectivity index (χ2n) is 4.76. The molecule has 0 amide bonds. The highest BCUT2D eigenvalue weighted by Gasteiger charge is 2.18. The van der Waals surface area contributed by atoms with E-state index in [1.165, 1.54) is 16.1 Å². The van der Waals surface area contributed by atoms with E-state index in [1.807, 2.05) is 12.3 Å². The van der Waals surface area contributed by atoms with Crippen molar-refractivity contribution in [3.05, 3.63) is 45.2 Å². The van der Waals surface area contributed by atoms with Gasteiger partial charge in [0.25, 0.3) is 0 Å². The fraction of sp³-hybridized carbons (Fsp3) is 0.467. The van der Waals surface area contributed by atoms with Crippen LogP contribution < -0.4 is 5.32 Å². The first-order valence-electron chi connectivity index (χ1n) is 6.69. The summed E-state index contributed by atoms with van der Waals surface area (Å²) in [7, 11) is 0. The lowest BCUT2D eigenvalue weighted by Crippen LogP contribution is -2.23. The molecule has 4 heteroatoms. The molecule has 2 aromatic heterocycles. The predicted octanol–water partition coefficient (Wildman–Crippen LogP) is 3.36. The molecule has 2 rings (SSSR count). The summed E-state index contributed by atoms with van der Waals surface area (Å²) in [6, 6.07) is 4.42. The van der Waals surface area contributed by atoms with Gasteiger partial charge in [-0.2, -0.15) is 0 Å². The van der Waals surface area contributed by atoms with Crippen LogP contribution in [-0.2, 0) is 6.42 Å². The fourth-order valence-corrected chi connectivity index (χ4v) is 3.30. The van der Waals surface area contributed by atoms with Crippen molar-refractivity contribution in [3.63, 3.8) is 0 Å². The average Bonchev–Trinajstić information content (AvgIpc) is 2.70. The van der Waals surface area contributed by atoms with Gasteiger partial charge >= 0.3 is 0 Å². The monoisotopic (exact) mass is 275 g/mol. The Labute approximate surface area is 119 Å². The molecule has 1 N–H and O–H groups in total. The molecule has 2 aromatic rings. The number of rotatable bonds is 5. The molecule has 0 bridgehead atoms. The number of thiazole rings is 1. The van der Waals surface area contributed by atoms with E-state index in [4.69, 9.17) is 0 Å². The Morgan fingerprint density at radius 3 is 2.68 bits per heavy atom. The van der Waals surface area contributed by atoms with Crippen LogP contribution in [0.2, 0.25) is 0 Å². The van der Waals surface area contributed by atoms with Crippen LogP contribution in [0.15, 0.2) is 18.3 Å². The van der Waals surface area contributed by atoms with Gasteiger partial charge in [-0.25, -0.2) is 4.98 Å². The second-order valence-corrected chi connectivity index (χ2v) is 6.00. The van der Waals surface area contributed by atoms with Crippen LogP contribution in [0.3, 0.4) is 0 Å². The van der Waals surface area contributed by atoms with Gasteiger partial charge in [-0.05, 0) is 38.9 Å². The van der Waals surface area contributed by atoms with Crippen LogP contribution in [0, 0.1) is 20.8 Å². The molecule has 2 heterocycles. The first-order chi connectivity index (χ1) is 9.11. The zero-order valence-corrected chi connectivity index (χ0v) is 12.8. The SMILES string of the molecule is CCNC(Cc1ncccc1C)c1sc(C)nc1C. The summed E-state index contributed by atoms with van der Waals surface area (Å²) in [5, 5.41) is 4.69. The lowest BCUT2D eigenvalue weighted by Gasteiger charge is -2.17. The van der Waals surface area contributed by atoms with Gasteiger partial charge < -0.3 is 5.32 Å². The molecular weight excluding hydrogens is 254 g/mol. The molecule has 0 aliphatic rings. The quantitative estimate of drug-likeness (QED) is 0.909. The summed E-state index contributed by atoms with van der Waals surface area (Å²) >= 11 is 1.79. The Hall–Kier alpha value is -1.26. The van der Waals surface area contributed by atoms with Crippen LogP contribution in [0.1, 0.15) is 39.8 Å². The van der Waals surface area contributed by atoms with E-state index >= 15 is 0 Å². The molecule has 0 saturated carbocycles. The predicted molar refractivity (Wildman–Crippen MR) is 80.7 cm³/mol. The Morgan fingerprint density at radius 1 is 1.32 bits per heavy atom. The third-order valence-electron chi connectivity index (χ3n) is 3.22. The molecule has 0 aromatic carbocycles. The van der Waals surface area contributed by atoms with Gasteiger partial charge in [-0.1, -0.05) is 13.0 Å². The maximum Gasteiger partial charge on any atom is 0.0900 e. The molecule has 1 unspecified atom stereocenters. The van der Waals surface area contributed by atoms with Crippen molar-refractivity contribution >= 4 is 11.3 Å². The normalized spacial score (nSPS) is 12.6. The number of hydrogen-bond donors (Lipinski definition) is 1. The third kappa shape index (κ3) is 3.39. The van der Waals surface area contributed by atoms with Crippen LogP contribution in [0.4, 0.5) is 0 Å². The molecular formula is C15H21N3S. The Balaban J connectivity index is 2.26. The van der Waals surface area contributed by atoms with Gasteiger partial charge in [0.05, 0.1) is 10.7 Å². The Morgan fingerprint density at radius 2 is 2.11 bits per heavy atom. The largest absolute Gasteiger partial charge is 0.309 e. The van der Waals surface area contributed by atoms with Crippen molar-refractivity contribution in [1.29, 1.82) is 0 Å². The molecule has 3 nitrogen and oxygen atoms in total. The zero-order chi connectivity index (χ0) is 13.8. The molecule has 19 heavy (non-hydrogen) atoms. The van der Waals surface area contributed by atoms with Crippen molar-refractivity contribution in [2.24, 2.45) is 0 Å². The van der Waals surface area contributed by atoms with E-state index in [2.05, 4.69) is 49.0 Å². The molecule has 1 atom stereocenters. The summed E-state index contributed by atoms with van der Waals surface area (Å²) in [4.78, 5) is 10.4. The van der Waals surface area contributed by atoms with E-state index in [9.17, 15) is 0 Å². The minimum atomic E-state index is 0.310. The molecule has 0 fully saturated rings. The molecule has 0 aliphatic carbocycles. The first kappa shape index (κ1) is 14.2. The number of hydrogen-bond acceptors (Lipinski definition) is 4. The summed E-state index contributed by atoms with van der Waals surface area (Å²) < 4.78 is 0. The number of nitrogens with one attached hydrogen (secondary N) is 1. The second kappa shape index (κ2) is 6.26. The van der Waals surface area contributed by atoms with Crippen molar-refractivity contribution in [2.45, 2.75) is 40.2 Å². The summed E-state index contributed by atoms with van der Waals surface area (Å²) in [5.41, 5.74) is 3.56. The standard InChI is InChI=1S/C15H21N3S/c1-5-16-14(15-11(3)18-12(4)19-15)9-13-10(2)7-6-8-17-13/h6-8,14,16H,5,9H2,1-4H3. The zero-order valence-electron chi connectivity index (χ0n) is 12.0. The maximum atomic E-state index is 4.54. The van der Waals surface area contributed by atoms with Crippen molar-refractivity contribution in [3.8, 4) is 0 Å². The van der Waals surface area contributed by atoms with Crippen LogP contribution in [-0.4, -0.2) is 16.5 Å². The summed E-state index contributed by atoms with van der Waals surface area (Å²) in [5.74, 6) is 0. The number of likely N-dealkylation sites (N-methyl/N-ethyl adjacent to an activating group) is 1. The van der Waals surface area contributed by atoms with Gasteiger partial charge in [0.2, 0.25) is 0 Å². The van der Waals surface area contributed by atoms with Gasteiger partial charge in [-0.3, -0.25) is 4.98 Å². The number of nitrogens with zero attached hydrogens (tertiary/aromatic N) is 2. The van der Waals surface area contributed by atoms with Crippen molar-refractivity contribution < 1.29 is 0 Å². The number of aryl methyl sites for hydroxylation is 3. The first-order valence-corrected chi connectivity index (χ1v) is 7.51. The number of pyridine rings is 1. The fourth-order valence-electron chi connectivity index (χ4n) is 2.30. The Kier molecular flexibility index (Phi) is 4.66. The minimum absolute atomic E-state index is 0.310. The summed E-state index contributed by atoms with van der Waals surface area (Å²) in [6.45, 7) is 9.37. The highest BCUT2D eigenvalue weighted by molar-refractivity contribution is 7.11. The van der Waals surface area contributed by atoms with E-state index in [0.29, 0.717) is 6.04 Å². The van der Waals surface area contributed by atoms with Crippen LogP contribution >= 0.6 is 11.3 Å². The smallest absolute Gasteiger partial charge is 0.0900 e. The third-order valence-corrected chi connectivity index (χ3v) is 4.41. The van der Waals surface area contributed by atoms with Crippen molar-refractivity contribution in [1.82, 2.24) is 15.3 Å². The van der Waals surface area contributed by atoms with Gasteiger partial charge in [0.15, 0.2) is 0 Å². The topological polar surface area (TPSA) is 37.8 Å². The van der Waals surface area contributed by atoms with E-state index in [1.54, 1.807) is 11.3 Å². The molecule has 0 aliphatic heterocycles. The average molecular weight is 275 g/mol. The van der Waals surface area contributed by atoms with E-state index in [0.717, 1.165) is 23.7 Å². The maximum absolute atomic E-state index is 4.54. The minimum Gasteiger partial charge on any atom is -0.309 e. The van der Waals surface area contributed by atoms with E-state index < -0.39 is 0 Å². The molecule has 0 radical (unpaired) electrons. The van der Waals surface area contributed by atoms with Gasteiger partial charge in [0, 0.05) is 29.2 Å². The van der Waals surface area contributed by atoms with Crippen molar-refractivity contribution in [2.75, 3.05) is 6.54 Å². The van der Waals surface area contributed by atoms with Gasteiger partial charge in [-0.15, -0.1) is 11.3 Å². The number of aromatic nitrogens is 2. The molecule has 0 saturated heterocycles. The molecule has 0 spiro atoms. The lowest BCUT2D eigenvalue weighted by atomic mass is 10.0. The molecule has 102 valence electrons. The van der Waals surface area contributed by atoms with E-state index in [-0.39, 0.29) is 0 Å². The van der Waals surface area contributed by atoms with Gasteiger partial charge in [0.1, 0.15) is 0 Å². The van der Waals surface area contributed by atoms with Crippen LogP contribution in [0.25, 0.3) is 0 Å².